The van der Waals surface area contributed by atoms with Gasteiger partial charge >= 0.3 is 4.94 Å². The predicted octanol–water partition coefficient (Wildman–Crippen LogP) is 4.17. The number of carbonyl (C=O) groups excluding carboxylic acids is 1. The highest BCUT2D eigenvalue weighted by molar-refractivity contribution is 7.93. The fourth-order valence-corrected chi connectivity index (χ4v) is 5.91. The molecule has 0 atom stereocenters. The smallest absolute Gasteiger partial charge is 0.396 e. The molecular weight excluding hydrogens is 426 g/mol. The molecule has 0 N–H and O–H groups in total. The van der Waals surface area contributed by atoms with Crippen LogP contribution in [0.5, 0.6) is 5.75 Å². The van der Waals surface area contributed by atoms with Gasteiger partial charge in [0.2, 0.25) is 5.91 Å². The van der Waals surface area contributed by atoms with Crippen LogP contribution in [0.15, 0.2) is 56.6 Å². The summed E-state index contributed by atoms with van der Waals surface area (Å²) >= 11 is 0.871. The molecule has 1 heterocycles. The van der Waals surface area contributed by atoms with E-state index in [9.17, 15) is 18.0 Å². The molecule has 1 fully saturated rings. The Morgan fingerprint density at radius 2 is 1.80 bits per heavy atom. The Bertz CT molecular complexity index is 1220. The number of rotatable bonds is 5. The molecule has 2 aromatic carbocycles. The van der Waals surface area contributed by atoms with Gasteiger partial charge in [-0.05, 0) is 55.3 Å². The predicted molar refractivity (Wildman–Crippen MR) is 115 cm³/mol. The summed E-state index contributed by atoms with van der Waals surface area (Å²) < 4.78 is 38.6. The Kier molecular flexibility index (Phi) is 5.66. The second kappa shape index (κ2) is 8.23. The molecule has 30 heavy (non-hydrogen) atoms. The number of anilines is 1. The van der Waals surface area contributed by atoms with Gasteiger partial charge in [0.05, 0.1) is 22.4 Å². The first-order chi connectivity index (χ1) is 14.4. The summed E-state index contributed by atoms with van der Waals surface area (Å²) in [5.41, 5.74) is 0.562. The first-order valence-electron chi connectivity index (χ1n) is 9.67. The Balaban J connectivity index is 1.82. The molecule has 9 heteroatoms. The van der Waals surface area contributed by atoms with Gasteiger partial charge in [0.15, 0.2) is 0 Å². The average Bonchev–Trinajstić information content (AvgIpc) is 3.13. The third-order valence-electron chi connectivity index (χ3n) is 5.30. The van der Waals surface area contributed by atoms with Gasteiger partial charge in [-0.15, -0.1) is 0 Å². The van der Waals surface area contributed by atoms with Crippen molar-refractivity contribution >= 4 is 43.2 Å². The number of sulfonamides is 1. The highest BCUT2D eigenvalue weighted by Gasteiger charge is 2.36. The molecule has 1 aliphatic rings. The lowest BCUT2D eigenvalue weighted by Crippen LogP contribution is -2.41. The van der Waals surface area contributed by atoms with Gasteiger partial charge in [0.1, 0.15) is 11.3 Å². The van der Waals surface area contributed by atoms with Crippen LogP contribution in [0.3, 0.4) is 0 Å². The monoisotopic (exact) mass is 447 g/mol. The van der Waals surface area contributed by atoms with Gasteiger partial charge in [-0.25, -0.2) is 17.5 Å². The Hall–Kier alpha value is -2.65. The van der Waals surface area contributed by atoms with E-state index < -0.39 is 20.9 Å². The second-order valence-electron chi connectivity index (χ2n) is 7.20. The van der Waals surface area contributed by atoms with Crippen LogP contribution >= 0.6 is 11.3 Å². The topological polar surface area (TPSA) is 93.9 Å². The molecule has 158 valence electrons. The number of nitrogens with zero attached hydrogens (tertiary/aromatic N) is 1. The minimum absolute atomic E-state index is 0.00654. The number of amides is 1. The molecule has 0 radical (unpaired) electrons. The molecule has 7 nitrogen and oxygen atoms in total. The third kappa shape index (κ3) is 3.87. The lowest BCUT2D eigenvalue weighted by molar-refractivity contribution is -0.122. The normalized spacial score (nSPS) is 15.2. The Labute approximate surface area is 177 Å². The fraction of sp³-hybridized carbons (Fsp3) is 0.333. The SMILES string of the molecule is COc1ccc(S(=O)(=O)N(C(=O)C2CCCCC2)c2ccc3oc(=O)sc3c2)cc1. The number of hydrogen-bond donors (Lipinski definition) is 0. The molecule has 0 unspecified atom stereocenters. The number of benzene rings is 2. The standard InChI is InChI=1S/C21H21NO6S2/c1-27-16-8-10-17(11-9-16)30(25,26)22(20(23)14-5-3-2-4-6-14)15-7-12-18-19(13-15)29-21(24)28-18/h7-14H,2-6H2,1H3. The minimum Gasteiger partial charge on any atom is -0.497 e. The Morgan fingerprint density at radius 1 is 1.10 bits per heavy atom. The van der Waals surface area contributed by atoms with Crippen LogP contribution in [-0.4, -0.2) is 21.4 Å². The van der Waals surface area contributed by atoms with Crippen molar-refractivity contribution in [3.05, 3.63) is 52.2 Å². The van der Waals surface area contributed by atoms with E-state index in [-0.39, 0.29) is 16.5 Å². The lowest BCUT2D eigenvalue weighted by atomic mass is 9.88. The quantitative estimate of drug-likeness (QED) is 0.583. The maximum Gasteiger partial charge on any atom is 0.396 e. The van der Waals surface area contributed by atoms with Gasteiger partial charge in [-0.1, -0.05) is 30.6 Å². The van der Waals surface area contributed by atoms with Crippen LogP contribution in [0.25, 0.3) is 10.3 Å². The molecule has 0 bridgehead atoms. The van der Waals surface area contributed by atoms with Crippen molar-refractivity contribution in [2.75, 3.05) is 11.4 Å². The van der Waals surface area contributed by atoms with E-state index in [1.54, 1.807) is 12.1 Å². The van der Waals surface area contributed by atoms with E-state index in [4.69, 9.17) is 9.15 Å². The van der Waals surface area contributed by atoms with Crippen molar-refractivity contribution < 1.29 is 22.4 Å². The van der Waals surface area contributed by atoms with Crippen LogP contribution in [-0.2, 0) is 14.8 Å². The largest absolute Gasteiger partial charge is 0.497 e. The molecule has 1 amide bonds. The van der Waals surface area contributed by atoms with E-state index in [2.05, 4.69) is 0 Å². The van der Waals surface area contributed by atoms with Crippen LogP contribution in [0.2, 0.25) is 0 Å². The van der Waals surface area contributed by atoms with E-state index >= 15 is 0 Å². The molecule has 0 saturated heterocycles. The van der Waals surface area contributed by atoms with Crippen LogP contribution < -0.4 is 14.0 Å². The summed E-state index contributed by atoms with van der Waals surface area (Å²) in [6.45, 7) is 0. The summed E-state index contributed by atoms with van der Waals surface area (Å²) in [5, 5.41) is 0. The van der Waals surface area contributed by atoms with Crippen molar-refractivity contribution in [1.82, 2.24) is 0 Å². The van der Waals surface area contributed by atoms with E-state index in [0.29, 0.717) is 28.9 Å². The summed E-state index contributed by atoms with van der Waals surface area (Å²) in [4.78, 5) is 24.5. The molecule has 0 aliphatic heterocycles. The third-order valence-corrected chi connectivity index (χ3v) is 7.83. The Morgan fingerprint density at radius 3 is 2.47 bits per heavy atom. The highest BCUT2D eigenvalue weighted by Crippen LogP contribution is 2.33. The van der Waals surface area contributed by atoms with Crippen molar-refractivity contribution in [2.45, 2.75) is 37.0 Å². The molecule has 1 aliphatic carbocycles. The van der Waals surface area contributed by atoms with Crippen molar-refractivity contribution in [1.29, 1.82) is 0 Å². The van der Waals surface area contributed by atoms with Crippen molar-refractivity contribution in [2.24, 2.45) is 5.92 Å². The summed E-state index contributed by atoms with van der Waals surface area (Å²) in [6.07, 6.45) is 4.16. The van der Waals surface area contributed by atoms with Gasteiger partial charge < -0.3 is 9.15 Å². The molecular formula is C21H21NO6S2. The van der Waals surface area contributed by atoms with Crippen LogP contribution in [0.1, 0.15) is 32.1 Å². The van der Waals surface area contributed by atoms with Crippen LogP contribution in [0.4, 0.5) is 5.69 Å². The van der Waals surface area contributed by atoms with Gasteiger partial charge in [-0.3, -0.25) is 4.79 Å². The van der Waals surface area contributed by atoms with Gasteiger partial charge in [0, 0.05) is 5.92 Å². The summed E-state index contributed by atoms with van der Waals surface area (Å²) in [6, 6.07) is 10.5. The lowest BCUT2D eigenvalue weighted by Gasteiger charge is -2.29. The van der Waals surface area contributed by atoms with E-state index in [0.717, 1.165) is 34.9 Å². The highest BCUT2D eigenvalue weighted by atomic mass is 32.2. The number of ether oxygens (including phenoxy) is 1. The maximum absolute atomic E-state index is 13.5. The van der Waals surface area contributed by atoms with Crippen LogP contribution in [0, 0.1) is 5.92 Å². The van der Waals surface area contributed by atoms with Crippen molar-refractivity contribution in [3.8, 4) is 5.75 Å². The molecule has 1 aromatic heterocycles. The molecule has 4 rings (SSSR count). The second-order valence-corrected chi connectivity index (χ2v) is 9.97. The summed E-state index contributed by atoms with van der Waals surface area (Å²) in [7, 11) is -2.67. The first-order valence-corrected chi connectivity index (χ1v) is 11.9. The zero-order valence-electron chi connectivity index (χ0n) is 16.4. The zero-order chi connectivity index (χ0) is 21.3. The first kappa shape index (κ1) is 20.6. The van der Waals surface area contributed by atoms with E-state index in [1.807, 2.05) is 0 Å². The fourth-order valence-electron chi connectivity index (χ4n) is 3.74. The number of fused-ring (bicyclic) bond motifs is 1. The zero-order valence-corrected chi connectivity index (χ0v) is 18.0. The molecule has 1 saturated carbocycles. The average molecular weight is 448 g/mol. The van der Waals surface area contributed by atoms with Gasteiger partial charge in [-0.2, -0.15) is 0 Å². The summed E-state index contributed by atoms with van der Waals surface area (Å²) in [5.74, 6) is -0.282. The van der Waals surface area contributed by atoms with Gasteiger partial charge in [0.25, 0.3) is 10.0 Å². The van der Waals surface area contributed by atoms with E-state index in [1.165, 1.54) is 37.4 Å². The van der Waals surface area contributed by atoms with Crippen molar-refractivity contribution in [3.63, 3.8) is 0 Å². The molecule has 3 aromatic rings. The number of hydrogen-bond acceptors (Lipinski definition) is 7. The maximum atomic E-state index is 13.5. The number of carbonyl (C=O) groups is 1. The minimum atomic E-state index is -4.17. The molecule has 0 spiro atoms. The number of methoxy groups -OCH3 is 1.